The van der Waals surface area contributed by atoms with Crippen LogP contribution in [0.15, 0.2) is 0 Å². The van der Waals surface area contributed by atoms with E-state index in [1.54, 1.807) is 26.2 Å². The summed E-state index contributed by atoms with van der Waals surface area (Å²) in [5.74, 6) is -1.10. The number of carbonyl (C=O) groups is 4. The zero-order valence-corrected chi connectivity index (χ0v) is 31.0. The highest BCUT2D eigenvalue weighted by atomic mass is 16.5. The SMILES string of the molecule is CC[C@H](C)[C@@H]([C@@H](CC(=O)N1CCC[C@H]1[C@H](OC)[C@@H](C)C(=O)NCCNC)OC)N(C)C(=O)[C@@H](NC(=O)[C@H](C(C)C)N(C)C)C(C)C. The predicted octanol–water partition coefficient (Wildman–Crippen LogP) is 1.97. The zero-order valence-electron chi connectivity index (χ0n) is 31.0. The molecule has 4 amide bonds. The number of nitrogens with zero attached hydrogens (tertiary/aromatic N) is 3. The Bertz CT molecular complexity index is 954. The highest BCUT2D eigenvalue weighted by molar-refractivity contribution is 5.90. The van der Waals surface area contributed by atoms with E-state index in [0.717, 1.165) is 19.3 Å². The summed E-state index contributed by atoms with van der Waals surface area (Å²) in [4.78, 5) is 59.7. The molecule has 0 unspecified atom stereocenters. The molecule has 1 heterocycles. The summed E-state index contributed by atoms with van der Waals surface area (Å²) in [6.07, 6.45) is 1.37. The third-order valence-electron chi connectivity index (χ3n) is 9.62. The molecule has 12 nitrogen and oxygen atoms in total. The van der Waals surface area contributed by atoms with Crippen LogP contribution in [0.25, 0.3) is 0 Å². The van der Waals surface area contributed by atoms with Gasteiger partial charge in [0.2, 0.25) is 23.6 Å². The summed E-state index contributed by atoms with van der Waals surface area (Å²) < 4.78 is 11.8. The smallest absolute Gasteiger partial charge is 0.245 e. The number of hydrogen-bond acceptors (Lipinski definition) is 8. The lowest BCUT2D eigenvalue weighted by molar-refractivity contribution is -0.148. The number of methoxy groups -OCH3 is 2. The van der Waals surface area contributed by atoms with Crippen LogP contribution in [0.3, 0.4) is 0 Å². The van der Waals surface area contributed by atoms with Crippen molar-refractivity contribution < 1.29 is 28.7 Å². The van der Waals surface area contributed by atoms with Crippen LogP contribution in [0.5, 0.6) is 0 Å². The summed E-state index contributed by atoms with van der Waals surface area (Å²) in [6.45, 7) is 15.5. The van der Waals surface area contributed by atoms with Crippen molar-refractivity contribution in [2.24, 2.45) is 23.7 Å². The van der Waals surface area contributed by atoms with E-state index >= 15 is 0 Å². The normalized spacial score (nSPS) is 19.8. The Kier molecular flexibility index (Phi) is 18.3. The Balaban J connectivity index is 3.23. The van der Waals surface area contributed by atoms with Gasteiger partial charge in [-0.3, -0.25) is 24.1 Å². The van der Waals surface area contributed by atoms with Crippen molar-refractivity contribution in [1.29, 1.82) is 0 Å². The Hall–Kier alpha value is -2.28. The first-order chi connectivity index (χ1) is 21.6. The second kappa shape index (κ2) is 20.2. The summed E-state index contributed by atoms with van der Waals surface area (Å²) >= 11 is 0. The minimum Gasteiger partial charge on any atom is -0.379 e. The van der Waals surface area contributed by atoms with E-state index in [0.29, 0.717) is 19.6 Å². The maximum atomic E-state index is 14.1. The van der Waals surface area contributed by atoms with Crippen molar-refractivity contribution >= 4 is 23.6 Å². The lowest BCUT2D eigenvalue weighted by atomic mass is 9.89. The van der Waals surface area contributed by atoms with Crippen LogP contribution in [-0.2, 0) is 28.7 Å². The van der Waals surface area contributed by atoms with E-state index in [4.69, 9.17) is 9.47 Å². The van der Waals surface area contributed by atoms with Gasteiger partial charge < -0.3 is 35.2 Å². The van der Waals surface area contributed by atoms with E-state index in [1.165, 1.54) is 0 Å². The van der Waals surface area contributed by atoms with Gasteiger partial charge in [-0.05, 0) is 51.7 Å². The molecule has 46 heavy (non-hydrogen) atoms. The Morgan fingerprint density at radius 3 is 2.02 bits per heavy atom. The lowest BCUT2D eigenvalue weighted by Gasteiger charge is -2.41. The van der Waals surface area contributed by atoms with Gasteiger partial charge in [0.1, 0.15) is 6.04 Å². The van der Waals surface area contributed by atoms with Crippen molar-refractivity contribution in [2.75, 3.05) is 62.0 Å². The summed E-state index contributed by atoms with van der Waals surface area (Å²) in [5, 5.41) is 8.99. The van der Waals surface area contributed by atoms with Crippen LogP contribution in [0.1, 0.15) is 74.1 Å². The van der Waals surface area contributed by atoms with Gasteiger partial charge in [-0.1, -0.05) is 54.9 Å². The largest absolute Gasteiger partial charge is 0.379 e. The second-order valence-electron chi connectivity index (χ2n) is 13.9. The number of hydrogen-bond donors (Lipinski definition) is 3. The average Bonchev–Trinajstić information content (AvgIpc) is 3.48. The highest BCUT2D eigenvalue weighted by Gasteiger charge is 2.43. The molecular weight excluding hydrogens is 588 g/mol. The lowest BCUT2D eigenvalue weighted by Crippen LogP contribution is -2.59. The first kappa shape index (κ1) is 41.7. The van der Waals surface area contributed by atoms with E-state index in [9.17, 15) is 19.2 Å². The topological polar surface area (TPSA) is 133 Å². The average molecular weight is 655 g/mol. The number of nitrogens with one attached hydrogen (secondary N) is 3. The molecule has 8 atom stereocenters. The van der Waals surface area contributed by atoms with Gasteiger partial charge in [0.15, 0.2) is 0 Å². The minimum absolute atomic E-state index is 0.0165. The van der Waals surface area contributed by atoms with Gasteiger partial charge in [0.25, 0.3) is 0 Å². The molecule has 0 saturated carbocycles. The van der Waals surface area contributed by atoms with Crippen molar-refractivity contribution in [3.63, 3.8) is 0 Å². The van der Waals surface area contributed by atoms with Gasteiger partial charge in [-0.2, -0.15) is 0 Å². The monoisotopic (exact) mass is 655 g/mol. The highest BCUT2D eigenvalue weighted by Crippen LogP contribution is 2.29. The number of carbonyl (C=O) groups excluding carboxylic acids is 4. The molecule has 1 saturated heterocycles. The second-order valence-corrected chi connectivity index (χ2v) is 13.9. The Morgan fingerprint density at radius 2 is 1.54 bits per heavy atom. The summed E-state index contributed by atoms with van der Waals surface area (Å²) in [6, 6.07) is -1.76. The molecule has 12 heteroatoms. The van der Waals surface area contributed by atoms with Crippen molar-refractivity contribution in [3.8, 4) is 0 Å². The molecule has 1 aliphatic rings. The number of rotatable bonds is 20. The Morgan fingerprint density at radius 1 is 0.913 bits per heavy atom. The first-order valence-electron chi connectivity index (χ1n) is 17.1. The molecule has 0 radical (unpaired) electrons. The van der Waals surface area contributed by atoms with Crippen LogP contribution >= 0.6 is 0 Å². The molecule has 0 bridgehead atoms. The maximum absolute atomic E-state index is 14.1. The van der Waals surface area contributed by atoms with Gasteiger partial charge >= 0.3 is 0 Å². The molecule has 1 fully saturated rings. The molecule has 0 aromatic rings. The molecule has 0 aromatic heterocycles. The summed E-state index contributed by atoms with van der Waals surface area (Å²) in [7, 11) is 10.5. The molecule has 0 aliphatic carbocycles. The first-order valence-corrected chi connectivity index (χ1v) is 17.1. The minimum atomic E-state index is -0.732. The quantitative estimate of drug-likeness (QED) is 0.170. The number of ether oxygens (including phenoxy) is 2. The molecular formula is C34H66N6O6. The fourth-order valence-corrected chi connectivity index (χ4v) is 6.88. The third kappa shape index (κ3) is 11.2. The fraction of sp³-hybridized carbons (Fsp3) is 0.882. The van der Waals surface area contributed by atoms with Crippen LogP contribution in [0.4, 0.5) is 0 Å². The van der Waals surface area contributed by atoms with Gasteiger partial charge in [-0.15, -0.1) is 0 Å². The number of likely N-dealkylation sites (tertiary alicyclic amines) is 1. The number of likely N-dealkylation sites (N-methyl/N-ethyl adjacent to an activating group) is 3. The van der Waals surface area contributed by atoms with Crippen LogP contribution in [0.2, 0.25) is 0 Å². The third-order valence-corrected chi connectivity index (χ3v) is 9.62. The maximum Gasteiger partial charge on any atom is 0.245 e. The van der Waals surface area contributed by atoms with Gasteiger partial charge in [-0.25, -0.2) is 0 Å². The molecule has 3 N–H and O–H groups in total. The Labute approximate surface area is 279 Å². The molecule has 0 aromatic carbocycles. The van der Waals surface area contributed by atoms with Crippen LogP contribution in [0, 0.1) is 23.7 Å². The van der Waals surface area contributed by atoms with Gasteiger partial charge in [0.05, 0.1) is 42.7 Å². The number of amides is 4. The standard InChI is InChI=1S/C34H66N6O6/c1-14-23(6)30(39(11)34(44)28(21(2)3)37-33(43)29(22(4)5)38(9)10)26(45-12)20-27(41)40-19-15-16-25(40)31(46-13)24(7)32(42)36-18-17-35-8/h21-26,28-31,35H,14-20H2,1-13H3,(H,36,42)(H,37,43)/t23-,24+,25-,26+,28-,29-,30-,31+/m0/s1. The van der Waals surface area contributed by atoms with Gasteiger partial charge in [0, 0.05) is 40.9 Å². The van der Waals surface area contributed by atoms with Crippen molar-refractivity contribution in [3.05, 3.63) is 0 Å². The molecule has 0 spiro atoms. The molecule has 1 rings (SSSR count). The van der Waals surface area contributed by atoms with E-state index in [-0.39, 0.29) is 59.9 Å². The van der Waals surface area contributed by atoms with Crippen molar-refractivity contribution in [2.45, 2.75) is 111 Å². The van der Waals surface area contributed by atoms with E-state index in [1.807, 2.05) is 65.6 Å². The molecule has 1 aliphatic heterocycles. The van der Waals surface area contributed by atoms with Crippen LogP contribution < -0.4 is 16.0 Å². The van der Waals surface area contributed by atoms with E-state index < -0.39 is 30.2 Å². The van der Waals surface area contributed by atoms with E-state index in [2.05, 4.69) is 29.8 Å². The van der Waals surface area contributed by atoms with Crippen LogP contribution in [-0.4, -0.2) is 137 Å². The summed E-state index contributed by atoms with van der Waals surface area (Å²) in [5.41, 5.74) is 0. The fourth-order valence-electron chi connectivity index (χ4n) is 6.88. The molecule has 268 valence electrons. The van der Waals surface area contributed by atoms with Crippen molar-refractivity contribution in [1.82, 2.24) is 30.7 Å². The predicted molar refractivity (Wildman–Crippen MR) is 182 cm³/mol. The zero-order chi connectivity index (χ0) is 35.3.